The van der Waals surface area contributed by atoms with E-state index in [1.807, 2.05) is 12.1 Å². The smallest absolute Gasteiger partial charge is 0.123 e. The van der Waals surface area contributed by atoms with E-state index >= 15 is 0 Å². The molecule has 2 aromatic carbocycles. The first-order valence-electron chi connectivity index (χ1n) is 7.52. The molecule has 3 nitrogen and oxygen atoms in total. The fourth-order valence-corrected chi connectivity index (χ4v) is 3.02. The van der Waals surface area contributed by atoms with E-state index in [1.165, 1.54) is 11.1 Å². The second-order valence-electron chi connectivity index (χ2n) is 5.43. The number of methoxy groups -OCH3 is 1. The maximum Gasteiger partial charge on any atom is 0.123 e. The highest BCUT2D eigenvalue weighted by Crippen LogP contribution is 2.25. The number of para-hydroxylation sites is 1. The number of hydrogen-bond acceptors (Lipinski definition) is 3. The third kappa shape index (κ3) is 3.26. The summed E-state index contributed by atoms with van der Waals surface area (Å²) in [6, 6.07) is 19.7. The van der Waals surface area contributed by atoms with Crippen molar-refractivity contribution in [2.24, 2.45) is 0 Å². The molecule has 0 radical (unpaired) electrons. The molecule has 0 aromatic heterocycles. The van der Waals surface area contributed by atoms with Crippen molar-refractivity contribution in [2.45, 2.75) is 25.0 Å². The molecule has 0 amide bonds. The minimum absolute atomic E-state index is 0.390. The Morgan fingerprint density at radius 3 is 2.67 bits per heavy atom. The van der Waals surface area contributed by atoms with Crippen molar-refractivity contribution in [3.63, 3.8) is 0 Å². The molecule has 0 bridgehead atoms. The van der Waals surface area contributed by atoms with Crippen LogP contribution in [0.2, 0.25) is 0 Å². The van der Waals surface area contributed by atoms with Crippen molar-refractivity contribution in [1.29, 1.82) is 0 Å². The molecule has 110 valence electrons. The molecule has 3 heteroatoms. The molecule has 2 aromatic rings. The maximum absolute atomic E-state index is 5.42. The second-order valence-corrected chi connectivity index (χ2v) is 5.43. The summed E-state index contributed by atoms with van der Waals surface area (Å²) in [6.07, 6.45) is 1.15. The average Bonchev–Trinajstić information content (AvgIpc) is 3.02. The Morgan fingerprint density at radius 1 is 1.10 bits per heavy atom. The molecule has 21 heavy (non-hydrogen) atoms. The van der Waals surface area contributed by atoms with E-state index in [1.54, 1.807) is 7.11 Å². The summed E-state index contributed by atoms with van der Waals surface area (Å²) in [5, 5.41) is 7.27. The number of rotatable bonds is 5. The molecule has 0 aliphatic carbocycles. The molecule has 1 fully saturated rings. The van der Waals surface area contributed by atoms with E-state index in [2.05, 4.69) is 53.1 Å². The first-order valence-corrected chi connectivity index (χ1v) is 7.52. The van der Waals surface area contributed by atoms with Crippen molar-refractivity contribution in [2.75, 3.05) is 13.7 Å². The van der Waals surface area contributed by atoms with Crippen LogP contribution in [0.15, 0.2) is 54.6 Å². The Hall–Kier alpha value is -1.84. The Bertz CT molecular complexity index is 570. The molecule has 1 saturated heterocycles. The predicted octanol–water partition coefficient (Wildman–Crippen LogP) is 2.89. The minimum Gasteiger partial charge on any atom is -0.496 e. The van der Waals surface area contributed by atoms with Gasteiger partial charge in [-0.25, -0.2) is 0 Å². The van der Waals surface area contributed by atoms with E-state index in [0.717, 1.165) is 25.3 Å². The molecule has 0 unspecified atom stereocenters. The zero-order valence-electron chi connectivity index (χ0n) is 12.4. The van der Waals surface area contributed by atoms with Gasteiger partial charge in [-0.3, -0.25) is 0 Å². The predicted molar refractivity (Wildman–Crippen MR) is 85.4 cm³/mol. The Morgan fingerprint density at radius 2 is 1.86 bits per heavy atom. The van der Waals surface area contributed by atoms with Crippen LogP contribution in [0.4, 0.5) is 0 Å². The lowest BCUT2D eigenvalue weighted by Gasteiger charge is -2.22. The van der Waals surface area contributed by atoms with Gasteiger partial charge in [0.2, 0.25) is 0 Å². The summed E-state index contributed by atoms with van der Waals surface area (Å²) < 4.78 is 5.42. The molecule has 2 N–H and O–H groups in total. The van der Waals surface area contributed by atoms with Crippen LogP contribution in [0.5, 0.6) is 5.75 Å². The van der Waals surface area contributed by atoms with Crippen molar-refractivity contribution in [3.05, 3.63) is 65.7 Å². The molecule has 0 saturated carbocycles. The number of ether oxygens (including phenoxy) is 1. The van der Waals surface area contributed by atoms with Gasteiger partial charge in [0.05, 0.1) is 7.11 Å². The summed E-state index contributed by atoms with van der Waals surface area (Å²) in [6.45, 7) is 1.89. The average molecular weight is 282 g/mol. The summed E-state index contributed by atoms with van der Waals surface area (Å²) in [5.74, 6) is 0.951. The molecule has 2 atom stereocenters. The normalized spacial score (nSPS) is 21.4. The van der Waals surface area contributed by atoms with E-state index in [0.29, 0.717) is 12.1 Å². The van der Waals surface area contributed by atoms with Gasteiger partial charge < -0.3 is 15.4 Å². The lowest BCUT2D eigenvalue weighted by atomic mass is 10.0. The van der Waals surface area contributed by atoms with Crippen LogP contribution in [0.3, 0.4) is 0 Å². The highest BCUT2D eigenvalue weighted by atomic mass is 16.5. The lowest BCUT2D eigenvalue weighted by molar-refractivity contribution is 0.401. The SMILES string of the molecule is COc1ccccc1CN[C@@H]1CCN[C@@H]1c1ccccc1. The standard InChI is InChI=1S/C18H22N2O/c1-21-17-10-6-5-9-15(17)13-20-16-11-12-19-18(16)14-7-3-2-4-8-14/h2-10,16,18-20H,11-13H2,1H3/t16-,18-/m1/s1. The minimum atomic E-state index is 0.390. The first-order chi connectivity index (χ1) is 10.4. The first kappa shape index (κ1) is 14.1. The van der Waals surface area contributed by atoms with Gasteiger partial charge in [0.1, 0.15) is 5.75 Å². The van der Waals surface area contributed by atoms with Gasteiger partial charge in [0, 0.05) is 24.2 Å². The topological polar surface area (TPSA) is 33.3 Å². The van der Waals surface area contributed by atoms with Crippen molar-refractivity contribution in [3.8, 4) is 5.75 Å². The molecule has 3 rings (SSSR count). The Kier molecular flexibility index (Phi) is 4.53. The van der Waals surface area contributed by atoms with Gasteiger partial charge in [-0.2, -0.15) is 0 Å². The second kappa shape index (κ2) is 6.74. The highest BCUT2D eigenvalue weighted by Gasteiger charge is 2.27. The number of benzene rings is 2. The number of hydrogen-bond donors (Lipinski definition) is 2. The summed E-state index contributed by atoms with van der Waals surface area (Å²) in [7, 11) is 1.72. The molecule has 0 spiro atoms. The van der Waals surface area contributed by atoms with Crippen LogP contribution in [0.1, 0.15) is 23.6 Å². The van der Waals surface area contributed by atoms with Crippen molar-refractivity contribution >= 4 is 0 Å². The maximum atomic E-state index is 5.42. The summed E-state index contributed by atoms with van der Waals surface area (Å²) in [4.78, 5) is 0. The van der Waals surface area contributed by atoms with Gasteiger partial charge >= 0.3 is 0 Å². The molecule has 1 heterocycles. The zero-order valence-corrected chi connectivity index (χ0v) is 12.4. The van der Waals surface area contributed by atoms with Gasteiger partial charge in [0.15, 0.2) is 0 Å². The van der Waals surface area contributed by atoms with Gasteiger partial charge in [-0.05, 0) is 24.6 Å². The van der Waals surface area contributed by atoms with Crippen LogP contribution < -0.4 is 15.4 Å². The van der Waals surface area contributed by atoms with E-state index in [9.17, 15) is 0 Å². The zero-order chi connectivity index (χ0) is 14.5. The van der Waals surface area contributed by atoms with Crippen LogP contribution in [0, 0.1) is 0 Å². The Labute approximate surface area is 126 Å². The van der Waals surface area contributed by atoms with Crippen LogP contribution in [0.25, 0.3) is 0 Å². The molecular weight excluding hydrogens is 260 g/mol. The third-order valence-electron chi connectivity index (χ3n) is 4.13. The van der Waals surface area contributed by atoms with Crippen LogP contribution in [-0.2, 0) is 6.54 Å². The summed E-state index contributed by atoms with van der Waals surface area (Å²) in [5.41, 5.74) is 2.56. The lowest BCUT2D eigenvalue weighted by Crippen LogP contribution is -2.34. The Balaban J connectivity index is 1.67. The largest absolute Gasteiger partial charge is 0.496 e. The van der Waals surface area contributed by atoms with Crippen LogP contribution in [-0.4, -0.2) is 19.7 Å². The molecular formula is C18H22N2O. The fraction of sp³-hybridized carbons (Fsp3) is 0.333. The van der Waals surface area contributed by atoms with Gasteiger partial charge in [0.25, 0.3) is 0 Å². The number of nitrogens with one attached hydrogen (secondary N) is 2. The third-order valence-corrected chi connectivity index (χ3v) is 4.13. The van der Waals surface area contributed by atoms with Crippen LogP contribution >= 0.6 is 0 Å². The van der Waals surface area contributed by atoms with Crippen molar-refractivity contribution < 1.29 is 4.74 Å². The molecule has 1 aliphatic rings. The monoisotopic (exact) mass is 282 g/mol. The van der Waals surface area contributed by atoms with E-state index < -0.39 is 0 Å². The van der Waals surface area contributed by atoms with Gasteiger partial charge in [-0.1, -0.05) is 48.5 Å². The van der Waals surface area contributed by atoms with E-state index in [-0.39, 0.29) is 0 Å². The molecule has 1 aliphatic heterocycles. The quantitative estimate of drug-likeness (QED) is 0.884. The highest BCUT2D eigenvalue weighted by molar-refractivity contribution is 5.33. The van der Waals surface area contributed by atoms with Gasteiger partial charge in [-0.15, -0.1) is 0 Å². The summed E-state index contributed by atoms with van der Waals surface area (Å²) >= 11 is 0. The fourth-order valence-electron chi connectivity index (χ4n) is 3.02. The van der Waals surface area contributed by atoms with E-state index in [4.69, 9.17) is 4.74 Å². The van der Waals surface area contributed by atoms with Crippen molar-refractivity contribution in [1.82, 2.24) is 10.6 Å².